The average molecular weight is 781 g/mol. The van der Waals surface area contributed by atoms with Crippen LogP contribution >= 0.6 is 0 Å². The van der Waals surface area contributed by atoms with Gasteiger partial charge in [-0.1, -0.05) is 36.4 Å². The minimum Gasteiger partial charge on any atom is -0.497 e. The molecule has 2 aliphatic rings. The number of fused-ring (bicyclic) bond motifs is 10. The van der Waals surface area contributed by atoms with Gasteiger partial charge in [0.2, 0.25) is 0 Å². The number of hydrogen-bond donors (Lipinski definition) is 2. The van der Waals surface area contributed by atoms with Gasteiger partial charge in [-0.05, 0) is 131 Å². The number of nitrogens with one attached hydrogen (secondary N) is 2. The third-order valence-corrected chi connectivity index (χ3v) is 11.8. The minimum atomic E-state index is 0.771. The second-order valence-corrected chi connectivity index (χ2v) is 15.4. The van der Waals surface area contributed by atoms with Gasteiger partial charge in [-0.3, -0.25) is 0 Å². The number of rotatable bonds is 6. The quantitative estimate of drug-likeness (QED) is 0.176. The molecule has 5 aromatic heterocycles. The summed E-state index contributed by atoms with van der Waals surface area (Å²) < 4.78 is 15.8. The molecular weight excluding hydrogens is 741 g/mol. The fourth-order valence-electron chi connectivity index (χ4n) is 8.85. The highest BCUT2D eigenvalue weighted by Crippen LogP contribution is 2.40. The van der Waals surface area contributed by atoms with Crippen molar-refractivity contribution in [2.24, 2.45) is 14.1 Å². The third kappa shape index (κ3) is 5.83. The molecule has 0 fully saturated rings. The summed E-state index contributed by atoms with van der Waals surface area (Å²) in [6.07, 6.45) is 12.7. The topological polar surface area (TPSA) is 85.7 Å². The molecule has 0 amide bonds. The molecule has 60 heavy (non-hydrogen) atoms. The SMILES string of the molecule is COc1cccc(-c2c3nc(c(-c4ccc5c(ccn5C)c4)c4ccc([nH]4)c(-c4cccc(OC)c4)c4nc(c(-c5ccc6c(ccn6C)c5)c5ccc2[nH]5)C=C4)C=C3)c1. The second kappa shape index (κ2) is 13.9. The first-order chi connectivity index (χ1) is 29.4. The maximum atomic E-state index is 5.74. The molecule has 7 heterocycles. The Morgan fingerprint density at radius 2 is 0.783 bits per heavy atom. The van der Waals surface area contributed by atoms with Crippen LogP contribution in [-0.4, -0.2) is 43.3 Å². The molecule has 8 bridgehead atoms. The summed E-state index contributed by atoms with van der Waals surface area (Å²) in [4.78, 5) is 18.7. The first kappa shape index (κ1) is 35.3. The number of aryl methyl sites for hydroxylation is 2. The lowest BCUT2D eigenvalue weighted by Gasteiger charge is -2.08. The van der Waals surface area contributed by atoms with E-state index in [0.29, 0.717) is 0 Å². The van der Waals surface area contributed by atoms with E-state index < -0.39 is 0 Å². The number of ether oxygens (including phenoxy) is 2. The molecule has 8 nitrogen and oxygen atoms in total. The van der Waals surface area contributed by atoms with Crippen LogP contribution in [0.1, 0.15) is 22.8 Å². The lowest BCUT2D eigenvalue weighted by molar-refractivity contribution is 0.415. The number of hydrogen-bond acceptors (Lipinski definition) is 4. The molecule has 0 saturated carbocycles. The highest BCUT2D eigenvalue weighted by Gasteiger charge is 2.20. The molecular formula is C52H40N6O2. The maximum absolute atomic E-state index is 5.74. The average Bonchev–Trinajstić information content (AvgIpc) is 4.15. The molecule has 0 saturated heterocycles. The minimum absolute atomic E-state index is 0.771. The smallest absolute Gasteiger partial charge is 0.119 e. The maximum Gasteiger partial charge on any atom is 0.119 e. The molecule has 0 atom stereocenters. The van der Waals surface area contributed by atoms with E-state index in [1.165, 1.54) is 11.0 Å². The van der Waals surface area contributed by atoms with Gasteiger partial charge in [0.15, 0.2) is 0 Å². The summed E-state index contributed by atoms with van der Waals surface area (Å²) in [6.45, 7) is 0. The van der Waals surface area contributed by atoms with Gasteiger partial charge in [-0.25, -0.2) is 9.97 Å². The van der Waals surface area contributed by atoms with Crippen molar-refractivity contribution < 1.29 is 9.47 Å². The van der Waals surface area contributed by atoms with Crippen LogP contribution < -0.4 is 9.47 Å². The van der Waals surface area contributed by atoms with Crippen LogP contribution in [0.5, 0.6) is 11.5 Å². The molecule has 0 spiro atoms. The van der Waals surface area contributed by atoms with Crippen molar-refractivity contribution in [3.8, 4) is 56.0 Å². The largest absolute Gasteiger partial charge is 0.497 e. The van der Waals surface area contributed by atoms with Gasteiger partial charge >= 0.3 is 0 Å². The number of methoxy groups -OCH3 is 2. The van der Waals surface area contributed by atoms with Gasteiger partial charge in [0.1, 0.15) is 11.5 Å². The molecule has 9 aromatic rings. The van der Waals surface area contributed by atoms with Gasteiger partial charge < -0.3 is 28.6 Å². The molecule has 8 heteroatoms. The van der Waals surface area contributed by atoms with Crippen molar-refractivity contribution in [2.45, 2.75) is 0 Å². The van der Waals surface area contributed by atoms with Gasteiger partial charge in [0.05, 0.1) is 37.0 Å². The third-order valence-electron chi connectivity index (χ3n) is 11.8. The Labute approximate surface area is 346 Å². The van der Waals surface area contributed by atoms with Crippen LogP contribution in [0, 0.1) is 0 Å². The highest BCUT2D eigenvalue weighted by molar-refractivity contribution is 6.01. The van der Waals surface area contributed by atoms with Gasteiger partial charge in [0, 0.05) is 92.6 Å². The van der Waals surface area contributed by atoms with Crippen LogP contribution in [0.15, 0.2) is 134 Å². The summed E-state index contributed by atoms with van der Waals surface area (Å²) in [5, 5.41) is 2.32. The van der Waals surface area contributed by atoms with E-state index in [2.05, 4.69) is 167 Å². The van der Waals surface area contributed by atoms with E-state index in [1.807, 2.05) is 24.3 Å². The van der Waals surface area contributed by atoms with E-state index in [1.54, 1.807) is 14.2 Å². The van der Waals surface area contributed by atoms with Crippen LogP contribution in [0.25, 0.3) is 113 Å². The van der Waals surface area contributed by atoms with Crippen molar-refractivity contribution in [2.75, 3.05) is 14.2 Å². The summed E-state index contributed by atoms with van der Waals surface area (Å²) in [6, 6.07) is 42.6. The molecule has 0 unspecified atom stereocenters. The Morgan fingerprint density at radius 1 is 0.417 bits per heavy atom. The Balaban J connectivity index is 1.30. The number of aromatic nitrogens is 6. The van der Waals surface area contributed by atoms with Crippen molar-refractivity contribution in [3.05, 3.63) is 156 Å². The normalized spacial score (nSPS) is 12.2. The predicted octanol–water partition coefficient (Wildman–Crippen LogP) is 12.3. The summed E-state index contributed by atoms with van der Waals surface area (Å²) in [5.74, 6) is 1.54. The molecule has 11 rings (SSSR count). The predicted molar refractivity (Wildman–Crippen MR) is 247 cm³/mol. The van der Waals surface area contributed by atoms with E-state index in [-0.39, 0.29) is 0 Å². The van der Waals surface area contributed by atoms with E-state index >= 15 is 0 Å². The fourth-order valence-corrected chi connectivity index (χ4v) is 8.85. The Morgan fingerprint density at radius 3 is 1.15 bits per heavy atom. The van der Waals surface area contributed by atoms with Crippen molar-refractivity contribution in [1.29, 1.82) is 0 Å². The molecule has 4 aromatic carbocycles. The van der Waals surface area contributed by atoms with Crippen LogP contribution in [0.3, 0.4) is 0 Å². The molecule has 0 radical (unpaired) electrons. The van der Waals surface area contributed by atoms with E-state index in [0.717, 1.165) is 112 Å². The van der Waals surface area contributed by atoms with E-state index in [4.69, 9.17) is 19.4 Å². The molecule has 2 aliphatic heterocycles. The number of benzene rings is 4. The standard InChI is InChI=1S/C52H40N6O2/c1-57-25-23-31-27-35(11-21-47(31)57)51-43-17-13-39(53-43)49(33-7-5-9-37(29-33)59-3)41-15-19-45(55-41)52(36-12-22-48-32(28-36)24-26-58(48)2)46-20-16-42(56-46)50(40-14-18-44(51)54-40)34-8-6-10-38(30-34)60-4/h5-30,53,56H,1-4H3. The second-order valence-electron chi connectivity index (χ2n) is 15.4. The lowest BCUT2D eigenvalue weighted by Crippen LogP contribution is -1.91. The zero-order valence-corrected chi connectivity index (χ0v) is 33.6. The summed E-state index contributed by atoms with van der Waals surface area (Å²) >= 11 is 0. The first-order valence-corrected chi connectivity index (χ1v) is 20.0. The Hall–Kier alpha value is -7.84. The summed E-state index contributed by atoms with van der Waals surface area (Å²) in [7, 11) is 7.56. The van der Waals surface area contributed by atoms with E-state index in [9.17, 15) is 0 Å². The van der Waals surface area contributed by atoms with Crippen molar-refractivity contribution in [3.63, 3.8) is 0 Å². The summed E-state index contributed by atoms with van der Waals surface area (Å²) in [5.41, 5.74) is 17.5. The Kier molecular flexibility index (Phi) is 8.20. The lowest BCUT2D eigenvalue weighted by atomic mass is 10.0. The zero-order chi connectivity index (χ0) is 40.5. The molecule has 2 N–H and O–H groups in total. The van der Waals surface area contributed by atoms with Gasteiger partial charge in [-0.2, -0.15) is 0 Å². The van der Waals surface area contributed by atoms with Crippen molar-refractivity contribution >= 4 is 68.2 Å². The number of H-pyrrole nitrogens is 2. The van der Waals surface area contributed by atoms with Crippen LogP contribution in [0.2, 0.25) is 0 Å². The fraction of sp³-hybridized carbons (Fsp3) is 0.0769. The monoisotopic (exact) mass is 780 g/mol. The molecule has 290 valence electrons. The van der Waals surface area contributed by atoms with Crippen LogP contribution in [-0.2, 0) is 14.1 Å². The first-order valence-electron chi connectivity index (χ1n) is 20.0. The van der Waals surface area contributed by atoms with Crippen LogP contribution in [0.4, 0.5) is 0 Å². The van der Waals surface area contributed by atoms with Crippen molar-refractivity contribution in [1.82, 2.24) is 29.1 Å². The zero-order valence-electron chi connectivity index (χ0n) is 33.6. The highest BCUT2D eigenvalue weighted by atomic mass is 16.5. The number of aromatic amines is 2. The molecule has 0 aliphatic carbocycles. The van der Waals surface area contributed by atoms with Gasteiger partial charge in [-0.15, -0.1) is 0 Å². The Bertz CT molecular complexity index is 3220. The number of nitrogens with zero attached hydrogens (tertiary/aromatic N) is 4. The van der Waals surface area contributed by atoms with Gasteiger partial charge in [0.25, 0.3) is 0 Å².